The highest BCUT2D eigenvalue weighted by molar-refractivity contribution is 7.05. The monoisotopic (exact) mass is 370 g/mol. The Labute approximate surface area is 159 Å². The summed E-state index contributed by atoms with van der Waals surface area (Å²) >= 11 is 1.56. The molecule has 5 heterocycles. The fourth-order valence-electron chi connectivity index (χ4n) is 5.47. The molecule has 0 aliphatic carbocycles. The summed E-state index contributed by atoms with van der Waals surface area (Å²) in [6.45, 7) is 6.73. The lowest BCUT2D eigenvalue weighted by molar-refractivity contribution is -0.00850. The highest BCUT2D eigenvalue weighted by atomic mass is 32.1. The summed E-state index contributed by atoms with van der Waals surface area (Å²) in [5.41, 5.74) is 2.52. The zero-order chi connectivity index (χ0) is 17.7. The predicted molar refractivity (Wildman–Crippen MR) is 103 cm³/mol. The first-order valence-corrected chi connectivity index (χ1v) is 10.4. The number of hydrogen-bond donors (Lipinski definition) is 0. The molecule has 0 amide bonds. The minimum atomic E-state index is 0.555. The van der Waals surface area contributed by atoms with Crippen LogP contribution in [0.3, 0.4) is 0 Å². The van der Waals surface area contributed by atoms with Crippen molar-refractivity contribution in [2.45, 2.75) is 44.3 Å². The number of methoxy groups -OCH3 is 1. The third-order valence-electron chi connectivity index (χ3n) is 6.71. The molecule has 138 valence electrons. The van der Waals surface area contributed by atoms with Crippen LogP contribution in [0.2, 0.25) is 0 Å². The lowest BCUT2D eigenvalue weighted by Gasteiger charge is -2.51. The smallest absolute Gasteiger partial charge is 0.119 e. The van der Waals surface area contributed by atoms with Crippen LogP contribution in [0.25, 0.3) is 0 Å². The first-order valence-electron chi connectivity index (χ1n) is 9.64. The predicted octanol–water partition coefficient (Wildman–Crippen LogP) is 2.92. The molecule has 3 atom stereocenters. The van der Waals surface area contributed by atoms with Crippen molar-refractivity contribution in [2.24, 2.45) is 5.92 Å². The van der Waals surface area contributed by atoms with E-state index in [-0.39, 0.29) is 0 Å². The van der Waals surface area contributed by atoms with Crippen molar-refractivity contribution in [3.63, 3.8) is 0 Å². The number of rotatable bonds is 4. The molecule has 5 nitrogen and oxygen atoms in total. The van der Waals surface area contributed by atoms with Gasteiger partial charge in [0.25, 0.3) is 0 Å². The summed E-state index contributed by atoms with van der Waals surface area (Å²) < 4.78 is 9.65. The highest BCUT2D eigenvalue weighted by Gasteiger charge is 2.53. The lowest BCUT2D eigenvalue weighted by Crippen LogP contribution is -2.59. The number of piperidine rings is 3. The number of aromatic nitrogens is 2. The van der Waals surface area contributed by atoms with Gasteiger partial charge < -0.3 is 4.74 Å². The second kappa shape index (κ2) is 6.59. The first kappa shape index (κ1) is 16.7. The van der Waals surface area contributed by atoms with Crippen molar-refractivity contribution in [1.29, 1.82) is 0 Å². The van der Waals surface area contributed by atoms with E-state index in [1.165, 1.54) is 36.4 Å². The topological polar surface area (TPSA) is 41.5 Å². The second-order valence-corrected chi connectivity index (χ2v) is 8.79. The molecule has 2 bridgehead atoms. The third kappa shape index (κ3) is 2.66. The Bertz CT molecular complexity index is 786. The molecule has 4 saturated heterocycles. The van der Waals surface area contributed by atoms with Crippen LogP contribution in [-0.4, -0.2) is 58.2 Å². The van der Waals surface area contributed by atoms with Gasteiger partial charge in [-0.1, -0.05) is 16.6 Å². The summed E-state index contributed by atoms with van der Waals surface area (Å²) in [4.78, 5) is 6.81. The summed E-state index contributed by atoms with van der Waals surface area (Å²) in [7, 11) is 1.76. The van der Waals surface area contributed by atoms with Crippen molar-refractivity contribution >= 4 is 11.5 Å². The molecule has 4 fully saturated rings. The Morgan fingerprint density at radius 3 is 2.81 bits per heavy atom. The Kier molecular flexibility index (Phi) is 4.22. The Morgan fingerprint density at radius 1 is 1.23 bits per heavy atom. The summed E-state index contributed by atoms with van der Waals surface area (Å²) in [5, 5.41) is 4.23. The normalized spacial score (nSPS) is 33.4. The molecule has 0 unspecified atom stereocenters. The summed E-state index contributed by atoms with van der Waals surface area (Å²) in [6, 6.07) is 10.0. The number of benzene rings is 1. The van der Waals surface area contributed by atoms with Crippen molar-refractivity contribution < 1.29 is 4.74 Å². The van der Waals surface area contributed by atoms with Gasteiger partial charge in [-0.05, 0) is 68.0 Å². The summed E-state index contributed by atoms with van der Waals surface area (Å²) in [6.07, 6.45) is 2.70. The van der Waals surface area contributed by atoms with Gasteiger partial charge in [0.2, 0.25) is 0 Å². The van der Waals surface area contributed by atoms with Crippen LogP contribution >= 0.6 is 11.5 Å². The van der Waals surface area contributed by atoms with Gasteiger partial charge >= 0.3 is 0 Å². The van der Waals surface area contributed by atoms with E-state index in [0.717, 1.165) is 30.5 Å². The fourth-order valence-corrected chi connectivity index (χ4v) is 6.13. The SMILES string of the molecule is COc1cccc([C@H]2CN(Cc3snnc3C)[C@H]3C4CCN(CC4)[C@@H]23)c1. The van der Waals surface area contributed by atoms with Crippen LogP contribution in [0.5, 0.6) is 5.75 Å². The van der Waals surface area contributed by atoms with Crippen LogP contribution in [0, 0.1) is 12.8 Å². The van der Waals surface area contributed by atoms with Gasteiger partial charge in [-0.15, -0.1) is 5.10 Å². The number of ether oxygens (including phenoxy) is 1. The molecule has 4 aliphatic heterocycles. The van der Waals surface area contributed by atoms with Gasteiger partial charge in [0.1, 0.15) is 5.75 Å². The van der Waals surface area contributed by atoms with Crippen molar-refractivity contribution in [3.8, 4) is 5.75 Å². The molecule has 1 aromatic carbocycles. The standard InChI is InChI=1S/C20H26N4OS/c1-13-18(26-22-21-13)12-24-11-17(15-4-3-5-16(10-15)25-2)20-19(24)14-6-8-23(20)9-7-14/h3-5,10,14,17,19-20H,6-9,11-12H2,1-2H3/t17-,19+,20+/m1/s1. The molecular weight excluding hydrogens is 344 g/mol. The van der Waals surface area contributed by atoms with Gasteiger partial charge in [0.15, 0.2) is 0 Å². The average molecular weight is 371 g/mol. The average Bonchev–Trinajstić information content (AvgIpc) is 3.28. The molecule has 0 radical (unpaired) electrons. The van der Waals surface area contributed by atoms with E-state index in [4.69, 9.17) is 4.74 Å². The molecular formula is C20H26N4OS. The maximum Gasteiger partial charge on any atom is 0.119 e. The van der Waals surface area contributed by atoms with Crippen LogP contribution in [-0.2, 0) is 6.54 Å². The van der Waals surface area contributed by atoms with Crippen LogP contribution in [0.4, 0.5) is 0 Å². The summed E-state index contributed by atoms with van der Waals surface area (Å²) in [5.74, 6) is 2.36. The van der Waals surface area contributed by atoms with E-state index >= 15 is 0 Å². The molecule has 6 rings (SSSR count). The van der Waals surface area contributed by atoms with Crippen molar-refractivity contribution in [3.05, 3.63) is 40.4 Å². The zero-order valence-corrected chi connectivity index (χ0v) is 16.3. The molecule has 6 heteroatoms. The van der Waals surface area contributed by atoms with Gasteiger partial charge in [-0.2, -0.15) is 0 Å². The van der Waals surface area contributed by atoms with E-state index in [0.29, 0.717) is 18.0 Å². The highest BCUT2D eigenvalue weighted by Crippen LogP contribution is 2.47. The van der Waals surface area contributed by atoms with Crippen LogP contribution in [0.1, 0.15) is 34.9 Å². The molecule has 0 saturated carbocycles. The molecule has 1 aromatic heterocycles. The molecule has 2 aromatic rings. The van der Waals surface area contributed by atoms with Crippen molar-refractivity contribution in [2.75, 3.05) is 26.7 Å². The zero-order valence-electron chi connectivity index (χ0n) is 15.5. The Hall–Kier alpha value is -1.50. The first-order chi connectivity index (χ1) is 12.7. The van der Waals surface area contributed by atoms with E-state index in [1.807, 2.05) is 6.07 Å². The maximum atomic E-state index is 5.50. The van der Waals surface area contributed by atoms with E-state index < -0.39 is 0 Å². The van der Waals surface area contributed by atoms with Gasteiger partial charge in [-0.25, -0.2) is 0 Å². The number of likely N-dealkylation sites (tertiary alicyclic amines) is 1. The molecule has 4 aliphatic rings. The van der Waals surface area contributed by atoms with Crippen LogP contribution < -0.4 is 4.74 Å². The van der Waals surface area contributed by atoms with Crippen LogP contribution in [0.15, 0.2) is 24.3 Å². The largest absolute Gasteiger partial charge is 0.497 e. The quantitative estimate of drug-likeness (QED) is 0.828. The number of aryl methyl sites for hydroxylation is 1. The van der Waals surface area contributed by atoms with E-state index in [1.54, 1.807) is 18.6 Å². The number of fused-ring (bicyclic) bond motifs is 2. The lowest BCUT2D eigenvalue weighted by atomic mass is 9.75. The van der Waals surface area contributed by atoms with E-state index in [2.05, 4.69) is 44.5 Å². The van der Waals surface area contributed by atoms with E-state index in [9.17, 15) is 0 Å². The Morgan fingerprint density at radius 2 is 2.08 bits per heavy atom. The van der Waals surface area contributed by atoms with Crippen molar-refractivity contribution in [1.82, 2.24) is 19.4 Å². The fraction of sp³-hybridized carbons (Fsp3) is 0.600. The van der Waals surface area contributed by atoms with Gasteiger partial charge in [-0.3, -0.25) is 9.80 Å². The number of hydrogen-bond acceptors (Lipinski definition) is 6. The minimum Gasteiger partial charge on any atom is -0.497 e. The molecule has 0 spiro atoms. The minimum absolute atomic E-state index is 0.555. The maximum absolute atomic E-state index is 5.50. The number of nitrogens with zero attached hydrogens (tertiary/aromatic N) is 4. The Balaban J connectivity index is 1.49. The molecule has 0 N–H and O–H groups in total. The second-order valence-electron chi connectivity index (χ2n) is 7.95. The van der Waals surface area contributed by atoms with Gasteiger partial charge in [0.05, 0.1) is 17.7 Å². The molecule has 26 heavy (non-hydrogen) atoms. The van der Waals surface area contributed by atoms with Gasteiger partial charge in [0, 0.05) is 31.1 Å². The third-order valence-corrected chi connectivity index (χ3v) is 7.52.